The van der Waals surface area contributed by atoms with Gasteiger partial charge in [0.25, 0.3) is 0 Å². The number of nitrogens with zero attached hydrogens (tertiary/aromatic N) is 4. The average molecular weight is 583 g/mol. The Morgan fingerprint density at radius 1 is 1.12 bits per heavy atom. The summed E-state index contributed by atoms with van der Waals surface area (Å²) in [6.07, 6.45) is 2.09. The summed E-state index contributed by atoms with van der Waals surface area (Å²) in [6.45, 7) is 13.3. The van der Waals surface area contributed by atoms with E-state index in [0.29, 0.717) is 18.1 Å². The number of fused-ring (bicyclic) bond motifs is 1. The molecule has 4 aromatic rings. The third-order valence-corrected chi connectivity index (χ3v) is 7.99. The van der Waals surface area contributed by atoms with Crippen molar-refractivity contribution in [1.29, 1.82) is 0 Å². The van der Waals surface area contributed by atoms with Gasteiger partial charge in [-0.3, -0.25) is 4.90 Å². The van der Waals surface area contributed by atoms with E-state index >= 15 is 0 Å². The van der Waals surface area contributed by atoms with Gasteiger partial charge in [-0.15, -0.1) is 0 Å². The molecule has 224 valence electrons. The molecule has 9 heteroatoms. The smallest absolute Gasteiger partial charge is 0.342 e. The highest BCUT2D eigenvalue weighted by Gasteiger charge is 2.35. The number of aromatic carboxylic acids is 1. The van der Waals surface area contributed by atoms with Crippen molar-refractivity contribution < 1.29 is 24.1 Å². The summed E-state index contributed by atoms with van der Waals surface area (Å²) in [7, 11) is 0. The summed E-state index contributed by atoms with van der Waals surface area (Å²) in [5.41, 5.74) is 6.73. The molecule has 2 aromatic heterocycles. The molecule has 0 aliphatic carbocycles. The minimum absolute atomic E-state index is 0.0134. The zero-order valence-corrected chi connectivity index (χ0v) is 25.2. The number of benzene rings is 2. The molecule has 1 N–H and O–H groups in total. The highest BCUT2D eigenvalue weighted by Crippen LogP contribution is 2.34. The maximum Gasteiger partial charge on any atom is 0.342 e. The number of carboxylic acid groups (broad SMARTS) is 1. The van der Waals surface area contributed by atoms with Crippen LogP contribution in [0.25, 0.3) is 17.1 Å². The molecular formula is C34H38N4O5. The predicted octanol–water partition coefficient (Wildman–Crippen LogP) is 5.70. The number of carboxylic acids is 1. The van der Waals surface area contributed by atoms with Crippen LogP contribution in [0.15, 0.2) is 60.8 Å². The Hall–Kier alpha value is -4.21. The van der Waals surface area contributed by atoms with Gasteiger partial charge in [-0.05, 0) is 67.6 Å². The molecule has 0 spiro atoms. The van der Waals surface area contributed by atoms with Crippen molar-refractivity contribution in [3.8, 4) is 28.7 Å². The molecule has 9 nitrogen and oxygen atoms in total. The Morgan fingerprint density at radius 2 is 1.93 bits per heavy atom. The highest BCUT2D eigenvalue weighted by atomic mass is 16.5. The number of rotatable bonds is 10. The standard InChI is InChI=1S/C34H38N4O5/c1-22(2)43-32-28(33(39)40)16-35-38(32)30-10-6-9-29(36-30)27-8-5-7-23(3)31(27)42-18-24-11-12-26-17-37(14-13-25(26)15-24)19-34(4)20-41-21-34/h5-12,15-16,22H,13-14,17-21H2,1-4H3,(H,39,40). The first-order valence-electron chi connectivity index (χ1n) is 14.8. The van der Waals surface area contributed by atoms with E-state index < -0.39 is 5.97 Å². The van der Waals surface area contributed by atoms with Gasteiger partial charge in [-0.1, -0.05) is 43.3 Å². The summed E-state index contributed by atoms with van der Waals surface area (Å²) >= 11 is 0. The van der Waals surface area contributed by atoms with E-state index in [0.717, 1.165) is 61.7 Å². The normalized spacial score (nSPS) is 16.0. The van der Waals surface area contributed by atoms with Crippen LogP contribution in [0.2, 0.25) is 0 Å². The zero-order valence-electron chi connectivity index (χ0n) is 25.2. The molecule has 0 unspecified atom stereocenters. The number of carbonyl (C=O) groups is 1. The van der Waals surface area contributed by atoms with E-state index in [2.05, 4.69) is 35.1 Å². The molecule has 0 amide bonds. The molecule has 0 atom stereocenters. The Labute approximate surface area is 252 Å². The lowest BCUT2D eigenvalue weighted by Gasteiger charge is -2.43. The summed E-state index contributed by atoms with van der Waals surface area (Å²) in [6, 6.07) is 18.3. The lowest BCUT2D eigenvalue weighted by Crippen LogP contribution is -2.49. The molecule has 2 aliphatic rings. The minimum atomic E-state index is -1.11. The molecule has 0 saturated carbocycles. The van der Waals surface area contributed by atoms with Crippen molar-refractivity contribution >= 4 is 5.97 Å². The van der Waals surface area contributed by atoms with Gasteiger partial charge in [0, 0.05) is 30.6 Å². The monoisotopic (exact) mass is 582 g/mol. The number of ether oxygens (including phenoxy) is 3. The van der Waals surface area contributed by atoms with E-state index in [1.54, 1.807) is 6.07 Å². The Morgan fingerprint density at radius 3 is 2.67 bits per heavy atom. The van der Waals surface area contributed by atoms with Crippen molar-refractivity contribution in [2.24, 2.45) is 5.41 Å². The molecule has 6 rings (SSSR count). The number of pyridine rings is 1. The molecule has 0 radical (unpaired) electrons. The zero-order chi connectivity index (χ0) is 30.1. The van der Waals surface area contributed by atoms with Crippen LogP contribution < -0.4 is 9.47 Å². The van der Waals surface area contributed by atoms with Crippen molar-refractivity contribution in [3.63, 3.8) is 0 Å². The fourth-order valence-corrected chi connectivity index (χ4v) is 5.85. The summed E-state index contributed by atoms with van der Waals surface area (Å²) < 4.78 is 19.2. The fraction of sp³-hybridized carbons (Fsp3) is 0.382. The molecule has 43 heavy (non-hydrogen) atoms. The minimum Gasteiger partial charge on any atom is -0.488 e. The first-order valence-corrected chi connectivity index (χ1v) is 14.8. The van der Waals surface area contributed by atoms with Crippen LogP contribution in [-0.2, 0) is 24.3 Å². The number of aromatic nitrogens is 3. The Bertz CT molecular complexity index is 1640. The molecule has 1 fully saturated rings. The number of aryl methyl sites for hydroxylation is 1. The predicted molar refractivity (Wildman–Crippen MR) is 163 cm³/mol. The van der Waals surface area contributed by atoms with Crippen molar-refractivity contribution in [3.05, 3.63) is 88.6 Å². The molecule has 4 heterocycles. The van der Waals surface area contributed by atoms with Crippen LogP contribution in [0.4, 0.5) is 0 Å². The average Bonchev–Trinajstić information content (AvgIpc) is 3.39. The van der Waals surface area contributed by atoms with E-state index in [4.69, 9.17) is 19.2 Å². The molecule has 2 aromatic carbocycles. The van der Waals surface area contributed by atoms with Crippen LogP contribution >= 0.6 is 0 Å². The second-order valence-corrected chi connectivity index (χ2v) is 12.2. The quantitative estimate of drug-likeness (QED) is 0.254. The largest absolute Gasteiger partial charge is 0.488 e. The SMILES string of the molecule is Cc1cccc(-c2cccc(-n3ncc(C(=O)O)c3OC(C)C)n2)c1OCc1ccc2c(c1)CCN(CC1(C)COC1)C2. The Kier molecular flexibility index (Phi) is 7.94. The van der Waals surface area contributed by atoms with Gasteiger partial charge >= 0.3 is 5.97 Å². The maximum absolute atomic E-state index is 11.8. The van der Waals surface area contributed by atoms with Crippen molar-refractivity contribution in [1.82, 2.24) is 19.7 Å². The first-order chi connectivity index (χ1) is 20.7. The van der Waals surface area contributed by atoms with E-state index in [1.165, 1.54) is 22.0 Å². The lowest BCUT2D eigenvalue weighted by molar-refractivity contribution is -0.116. The molecular weight excluding hydrogens is 544 g/mol. The second-order valence-electron chi connectivity index (χ2n) is 12.2. The summed E-state index contributed by atoms with van der Waals surface area (Å²) in [4.78, 5) is 19.2. The number of hydrogen-bond acceptors (Lipinski definition) is 7. The molecule has 0 bridgehead atoms. The van der Waals surface area contributed by atoms with Gasteiger partial charge in [-0.25, -0.2) is 9.78 Å². The van der Waals surface area contributed by atoms with Crippen LogP contribution in [0.1, 0.15) is 53.4 Å². The van der Waals surface area contributed by atoms with Gasteiger partial charge in [-0.2, -0.15) is 9.78 Å². The maximum atomic E-state index is 11.8. The fourth-order valence-electron chi connectivity index (χ4n) is 5.85. The molecule has 1 saturated heterocycles. The summed E-state index contributed by atoms with van der Waals surface area (Å²) in [5.74, 6) is 0.257. The van der Waals surface area contributed by atoms with E-state index in [-0.39, 0.29) is 23.0 Å². The lowest BCUT2D eigenvalue weighted by atomic mass is 9.87. The molecule has 2 aliphatic heterocycles. The van der Waals surface area contributed by atoms with Crippen LogP contribution in [0.3, 0.4) is 0 Å². The topological polar surface area (TPSA) is 98.9 Å². The van der Waals surface area contributed by atoms with Crippen LogP contribution in [0.5, 0.6) is 11.6 Å². The third-order valence-electron chi connectivity index (χ3n) is 7.99. The van der Waals surface area contributed by atoms with Crippen molar-refractivity contribution in [2.75, 3.05) is 26.3 Å². The Balaban J connectivity index is 1.22. The van der Waals surface area contributed by atoms with E-state index in [1.807, 2.05) is 51.1 Å². The van der Waals surface area contributed by atoms with Crippen LogP contribution in [0, 0.1) is 12.3 Å². The van der Waals surface area contributed by atoms with Crippen molar-refractivity contribution in [2.45, 2.75) is 53.4 Å². The number of para-hydroxylation sites is 1. The highest BCUT2D eigenvalue weighted by molar-refractivity contribution is 5.90. The van der Waals surface area contributed by atoms with Crippen LogP contribution in [-0.4, -0.2) is 63.1 Å². The van der Waals surface area contributed by atoms with Gasteiger partial charge in [0.2, 0.25) is 5.88 Å². The van der Waals surface area contributed by atoms with E-state index in [9.17, 15) is 9.90 Å². The second kappa shape index (κ2) is 11.8. The van der Waals surface area contributed by atoms with Gasteiger partial charge < -0.3 is 19.3 Å². The summed E-state index contributed by atoms with van der Waals surface area (Å²) in [5, 5.41) is 13.9. The van der Waals surface area contributed by atoms with Gasteiger partial charge in [0.15, 0.2) is 5.82 Å². The number of hydrogen-bond donors (Lipinski definition) is 1. The first kappa shape index (κ1) is 28.9. The third kappa shape index (κ3) is 6.14. The van der Waals surface area contributed by atoms with Gasteiger partial charge in [0.1, 0.15) is 17.9 Å². The van der Waals surface area contributed by atoms with Gasteiger partial charge in [0.05, 0.1) is 31.2 Å².